The molecule has 96 valence electrons. The summed E-state index contributed by atoms with van der Waals surface area (Å²) >= 11 is 0. The topological polar surface area (TPSA) is 60.4 Å². The second kappa shape index (κ2) is 3.36. The average molecular weight is 264 g/mol. The van der Waals surface area contributed by atoms with Crippen molar-refractivity contribution < 1.29 is 8.83 Å². The molecule has 0 N–H and O–H groups in total. The molecule has 0 aliphatic rings. The summed E-state index contributed by atoms with van der Waals surface area (Å²) in [6, 6.07) is 6.75. The van der Waals surface area contributed by atoms with Crippen LogP contribution in [0.1, 0.15) is 0 Å². The Hall–Kier alpha value is -2.88. The van der Waals surface area contributed by atoms with Crippen molar-refractivity contribution in [2.75, 3.05) is 0 Å². The summed E-state index contributed by atoms with van der Waals surface area (Å²) in [6.45, 7) is 7.50. The smallest absolute Gasteiger partial charge is 0.344 e. The lowest BCUT2D eigenvalue weighted by Crippen LogP contribution is -2.16. The highest BCUT2D eigenvalue weighted by Gasteiger charge is 2.15. The maximum Gasteiger partial charge on any atom is 0.344 e. The minimum Gasteiger partial charge on any atom is -0.423 e. The van der Waals surface area contributed by atoms with Crippen LogP contribution in [0, 0.1) is 0 Å². The van der Waals surface area contributed by atoms with E-state index in [-0.39, 0.29) is 10.8 Å². The van der Waals surface area contributed by atoms with Gasteiger partial charge in [-0.1, -0.05) is 13.2 Å². The fourth-order valence-electron chi connectivity index (χ4n) is 2.74. The van der Waals surface area contributed by atoms with Gasteiger partial charge in [-0.15, -0.1) is 0 Å². The van der Waals surface area contributed by atoms with Crippen LogP contribution in [0.2, 0.25) is 0 Å². The maximum absolute atomic E-state index is 12.0. The van der Waals surface area contributed by atoms with Crippen LogP contribution in [-0.2, 0) is 0 Å². The molecule has 0 saturated heterocycles. The molecule has 0 saturated carbocycles. The molecule has 0 fully saturated rings. The minimum atomic E-state index is -0.462. The molecule has 4 heteroatoms. The molecule has 0 spiro atoms. The normalized spacial score (nSPS) is 11.8. The molecule has 0 unspecified atom stereocenters. The van der Waals surface area contributed by atoms with E-state index in [9.17, 15) is 9.59 Å². The molecule has 0 radical (unpaired) electrons. The van der Waals surface area contributed by atoms with E-state index in [0.717, 1.165) is 0 Å². The highest BCUT2D eigenvalue weighted by molar-refractivity contribution is 6.21. The molecule has 0 amide bonds. The predicted octanol–water partition coefficient (Wildman–Crippen LogP) is 1.31. The van der Waals surface area contributed by atoms with Crippen molar-refractivity contribution in [1.29, 1.82) is 0 Å². The quantitative estimate of drug-likeness (QED) is 0.449. The van der Waals surface area contributed by atoms with Crippen LogP contribution in [0.5, 0.6) is 0 Å². The van der Waals surface area contributed by atoms with Gasteiger partial charge in [-0.2, -0.15) is 0 Å². The van der Waals surface area contributed by atoms with Crippen molar-refractivity contribution in [3.63, 3.8) is 0 Å². The van der Waals surface area contributed by atoms with Crippen molar-refractivity contribution >= 4 is 45.5 Å². The zero-order valence-corrected chi connectivity index (χ0v) is 10.4. The van der Waals surface area contributed by atoms with Gasteiger partial charge in [0.1, 0.15) is 10.8 Å². The van der Waals surface area contributed by atoms with Crippen molar-refractivity contribution in [2.24, 2.45) is 0 Å². The van der Waals surface area contributed by atoms with Crippen LogP contribution < -0.4 is 22.1 Å². The summed E-state index contributed by atoms with van der Waals surface area (Å²) in [4.78, 5) is 23.9. The van der Waals surface area contributed by atoms with Gasteiger partial charge in [0.25, 0.3) is 0 Å². The van der Waals surface area contributed by atoms with Crippen LogP contribution in [0.4, 0.5) is 0 Å². The summed E-state index contributed by atoms with van der Waals surface area (Å²) in [6.07, 6.45) is 0. The van der Waals surface area contributed by atoms with Gasteiger partial charge in [-0.05, 0) is 24.3 Å². The van der Waals surface area contributed by atoms with Gasteiger partial charge in [0, 0.05) is 21.5 Å². The van der Waals surface area contributed by atoms with Crippen LogP contribution in [-0.4, -0.2) is 0 Å². The first kappa shape index (κ1) is 11.0. The Labute approximate surface area is 111 Å². The monoisotopic (exact) mass is 264 g/mol. The van der Waals surface area contributed by atoms with E-state index in [1.165, 1.54) is 0 Å². The van der Waals surface area contributed by atoms with Gasteiger partial charge in [0.05, 0.1) is 10.8 Å². The summed E-state index contributed by atoms with van der Waals surface area (Å²) in [5, 5.41) is 3.63. The third-order valence-electron chi connectivity index (χ3n) is 3.63. The third kappa shape index (κ3) is 1.15. The third-order valence-corrected chi connectivity index (χ3v) is 3.63. The predicted molar refractivity (Wildman–Crippen MR) is 77.5 cm³/mol. The Morgan fingerprint density at radius 1 is 0.650 bits per heavy atom. The maximum atomic E-state index is 12.0. The van der Waals surface area contributed by atoms with Gasteiger partial charge in [0.2, 0.25) is 0 Å². The molecule has 2 aromatic carbocycles. The molecule has 20 heavy (non-hydrogen) atoms. The van der Waals surface area contributed by atoms with Crippen LogP contribution in [0.25, 0.3) is 45.5 Å². The first-order valence-electron chi connectivity index (χ1n) is 6.00. The Morgan fingerprint density at radius 3 is 1.40 bits per heavy atom. The van der Waals surface area contributed by atoms with Crippen molar-refractivity contribution in [1.82, 2.24) is 0 Å². The second-order valence-corrected chi connectivity index (χ2v) is 4.70. The molecule has 4 rings (SSSR count). The van der Waals surface area contributed by atoms with E-state index in [0.29, 0.717) is 32.3 Å². The second-order valence-electron chi connectivity index (χ2n) is 4.70. The van der Waals surface area contributed by atoms with E-state index in [2.05, 4.69) is 13.2 Å². The summed E-state index contributed by atoms with van der Waals surface area (Å²) in [5.74, 6) is 0. The van der Waals surface area contributed by atoms with Gasteiger partial charge >= 0.3 is 11.3 Å². The summed E-state index contributed by atoms with van der Waals surface area (Å²) < 4.78 is 10.2. The Balaban J connectivity index is 2.63. The first-order chi connectivity index (χ1) is 9.58. The van der Waals surface area contributed by atoms with Gasteiger partial charge in [0.15, 0.2) is 0 Å². The van der Waals surface area contributed by atoms with Crippen molar-refractivity contribution in [3.8, 4) is 0 Å². The summed E-state index contributed by atoms with van der Waals surface area (Å²) in [5.41, 5.74) is -0.349. The zero-order chi connectivity index (χ0) is 14.0. The molecule has 2 aromatic heterocycles. The van der Waals surface area contributed by atoms with E-state index in [1.54, 1.807) is 24.3 Å². The van der Waals surface area contributed by atoms with E-state index in [4.69, 9.17) is 8.83 Å². The molecule has 2 heterocycles. The molecule has 4 nitrogen and oxygen atoms in total. The fraction of sp³-hybridized carbons (Fsp3) is 0. The van der Waals surface area contributed by atoms with Crippen LogP contribution >= 0.6 is 0 Å². The Bertz CT molecular complexity index is 1030. The van der Waals surface area contributed by atoms with Crippen molar-refractivity contribution in [2.45, 2.75) is 0 Å². The number of rotatable bonds is 0. The molecule has 4 aromatic rings. The minimum absolute atomic E-state index is 0.288. The SMILES string of the molecule is C=c1oc(=O)c2ccc3c(=O)oc(=C)c4ccc1c2c43. The number of benzene rings is 2. The highest BCUT2D eigenvalue weighted by Crippen LogP contribution is 2.28. The Kier molecular flexibility index (Phi) is 1.85. The Morgan fingerprint density at radius 2 is 1.00 bits per heavy atom. The van der Waals surface area contributed by atoms with E-state index in [1.807, 2.05) is 0 Å². The van der Waals surface area contributed by atoms with E-state index >= 15 is 0 Å². The first-order valence-corrected chi connectivity index (χ1v) is 6.00. The van der Waals surface area contributed by atoms with Gasteiger partial charge < -0.3 is 8.83 Å². The highest BCUT2D eigenvalue weighted by atomic mass is 16.4. The molecule has 0 atom stereocenters. The number of hydrogen-bond acceptors (Lipinski definition) is 4. The lowest BCUT2D eigenvalue weighted by Gasteiger charge is -2.08. The molecule has 0 aliphatic heterocycles. The lowest BCUT2D eigenvalue weighted by molar-refractivity contribution is 0.492. The van der Waals surface area contributed by atoms with Crippen LogP contribution in [0.3, 0.4) is 0 Å². The standard InChI is InChI=1S/C16H8O4/c1-7-9-3-4-10-8(2)20-16(18)12-6-5-11(15(17)19-7)13(9)14(10)12/h3-6H,1-2H2. The zero-order valence-electron chi connectivity index (χ0n) is 10.4. The lowest BCUT2D eigenvalue weighted by atomic mass is 9.97. The number of hydrogen-bond donors (Lipinski definition) is 0. The molecule has 0 bridgehead atoms. The largest absolute Gasteiger partial charge is 0.423 e. The fourth-order valence-corrected chi connectivity index (χ4v) is 2.74. The molecule has 0 aliphatic carbocycles. The van der Waals surface area contributed by atoms with Gasteiger partial charge in [-0.25, -0.2) is 9.59 Å². The van der Waals surface area contributed by atoms with Crippen LogP contribution in [0.15, 0.2) is 42.7 Å². The molecular weight excluding hydrogens is 256 g/mol. The van der Waals surface area contributed by atoms with Gasteiger partial charge in [-0.3, -0.25) is 0 Å². The summed E-state index contributed by atoms with van der Waals surface area (Å²) in [7, 11) is 0. The van der Waals surface area contributed by atoms with E-state index < -0.39 is 11.3 Å². The van der Waals surface area contributed by atoms with Crippen molar-refractivity contribution in [3.05, 3.63) is 55.9 Å². The molecular formula is C16H8O4. The average Bonchev–Trinajstić information content (AvgIpc) is 2.42.